The molecule has 5 heteroatoms. The van der Waals surface area contributed by atoms with Crippen molar-refractivity contribution in [3.8, 4) is 0 Å². The maximum atomic E-state index is 10.3. The van der Waals surface area contributed by atoms with E-state index in [1.54, 1.807) is 11.8 Å². The summed E-state index contributed by atoms with van der Waals surface area (Å²) in [6.45, 7) is 5.76. The molecule has 0 radical (unpaired) electrons. The lowest BCUT2D eigenvalue weighted by Gasteiger charge is -2.35. The summed E-state index contributed by atoms with van der Waals surface area (Å²) < 4.78 is 5.70. The van der Waals surface area contributed by atoms with Crippen LogP contribution in [0.25, 0.3) is 0 Å². The van der Waals surface area contributed by atoms with Crippen LogP contribution in [0, 0.1) is 0 Å². The second-order valence-corrected chi connectivity index (χ2v) is 6.58. The van der Waals surface area contributed by atoms with E-state index in [0.717, 1.165) is 36.0 Å². The highest BCUT2D eigenvalue weighted by Gasteiger charge is 2.26. The molecule has 1 aromatic rings. The summed E-state index contributed by atoms with van der Waals surface area (Å²) in [5, 5.41) is 11.0. The van der Waals surface area contributed by atoms with E-state index in [2.05, 4.69) is 11.8 Å². The van der Waals surface area contributed by atoms with Crippen LogP contribution in [-0.4, -0.2) is 54.2 Å². The van der Waals surface area contributed by atoms with Crippen LogP contribution in [0.3, 0.4) is 0 Å². The van der Waals surface area contributed by atoms with E-state index >= 15 is 0 Å². The third-order valence-corrected chi connectivity index (χ3v) is 4.69. The predicted molar refractivity (Wildman–Crippen MR) is 84.7 cm³/mol. The summed E-state index contributed by atoms with van der Waals surface area (Å²) in [5.41, 5.74) is 0. The molecule has 3 nitrogen and oxygen atoms in total. The van der Waals surface area contributed by atoms with Gasteiger partial charge in [0, 0.05) is 28.8 Å². The first kappa shape index (κ1) is 16.1. The molecule has 0 bridgehead atoms. The third-order valence-electron chi connectivity index (χ3n) is 3.36. The van der Waals surface area contributed by atoms with E-state index in [1.807, 2.05) is 24.3 Å². The minimum atomic E-state index is -0.446. The molecule has 2 unspecified atom stereocenters. The van der Waals surface area contributed by atoms with Crippen LogP contribution >= 0.6 is 23.4 Å². The van der Waals surface area contributed by atoms with Gasteiger partial charge in [0.05, 0.1) is 18.8 Å². The van der Waals surface area contributed by atoms with E-state index in [4.69, 9.17) is 16.3 Å². The fourth-order valence-electron chi connectivity index (χ4n) is 2.33. The van der Waals surface area contributed by atoms with Gasteiger partial charge in [-0.05, 0) is 31.2 Å². The minimum Gasteiger partial charge on any atom is -0.389 e. The summed E-state index contributed by atoms with van der Waals surface area (Å²) in [6.07, 6.45) is 0.612. The van der Waals surface area contributed by atoms with Crippen molar-refractivity contribution in [2.24, 2.45) is 0 Å². The average Bonchev–Trinajstić information content (AvgIpc) is 2.45. The number of aliphatic hydroxyl groups excluding tert-OH is 1. The monoisotopic (exact) mass is 315 g/mol. The highest BCUT2D eigenvalue weighted by Crippen LogP contribution is 2.23. The smallest absolute Gasteiger partial charge is 0.0969 e. The van der Waals surface area contributed by atoms with Gasteiger partial charge in [-0.15, -0.1) is 11.8 Å². The van der Waals surface area contributed by atoms with Crippen LogP contribution in [0.2, 0.25) is 5.02 Å². The Balaban J connectivity index is 1.80. The summed E-state index contributed by atoms with van der Waals surface area (Å²) >= 11 is 7.57. The normalized spacial score (nSPS) is 21.9. The predicted octanol–water partition coefficient (Wildman–Crippen LogP) is 2.90. The zero-order chi connectivity index (χ0) is 14.4. The van der Waals surface area contributed by atoms with Gasteiger partial charge in [-0.3, -0.25) is 4.90 Å². The highest BCUT2D eigenvalue weighted by molar-refractivity contribution is 7.99. The molecule has 0 spiro atoms. The van der Waals surface area contributed by atoms with E-state index < -0.39 is 6.10 Å². The standard InChI is InChI=1S/C15H22ClNO2S/c1-2-6-17-7-8-19-15(10-17)14(18)11-20-13-5-3-4-12(16)9-13/h3-5,9,14-15,18H,2,6-8,10-11H2,1H3. The summed E-state index contributed by atoms with van der Waals surface area (Å²) in [4.78, 5) is 3.44. The molecular formula is C15H22ClNO2S. The van der Waals surface area contributed by atoms with E-state index in [9.17, 15) is 5.11 Å². The Morgan fingerprint density at radius 1 is 1.55 bits per heavy atom. The van der Waals surface area contributed by atoms with Crippen molar-refractivity contribution in [3.05, 3.63) is 29.3 Å². The molecule has 1 fully saturated rings. The molecular weight excluding hydrogens is 294 g/mol. The van der Waals surface area contributed by atoms with Gasteiger partial charge >= 0.3 is 0 Å². The summed E-state index contributed by atoms with van der Waals surface area (Å²) in [7, 11) is 0. The summed E-state index contributed by atoms with van der Waals surface area (Å²) in [6, 6.07) is 7.71. The molecule has 1 N–H and O–H groups in total. The Bertz CT molecular complexity index is 417. The van der Waals surface area contributed by atoms with Crippen molar-refractivity contribution in [2.45, 2.75) is 30.4 Å². The number of rotatable bonds is 6. The lowest BCUT2D eigenvalue weighted by Crippen LogP contribution is -2.48. The van der Waals surface area contributed by atoms with E-state index in [0.29, 0.717) is 12.4 Å². The van der Waals surface area contributed by atoms with Gasteiger partial charge in [-0.25, -0.2) is 0 Å². The molecule has 1 saturated heterocycles. The van der Waals surface area contributed by atoms with Gasteiger partial charge in [0.25, 0.3) is 0 Å². The molecule has 0 aromatic heterocycles. The zero-order valence-electron chi connectivity index (χ0n) is 11.8. The topological polar surface area (TPSA) is 32.7 Å². The molecule has 1 aliphatic heterocycles. The van der Waals surface area contributed by atoms with Crippen molar-refractivity contribution in [3.63, 3.8) is 0 Å². The molecule has 2 rings (SSSR count). The van der Waals surface area contributed by atoms with Gasteiger partial charge in [-0.2, -0.15) is 0 Å². The van der Waals surface area contributed by atoms with Crippen molar-refractivity contribution in [2.75, 3.05) is 32.0 Å². The molecule has 0 aliphatic carbocycles. The molecule has 1 aliphatic rings. The Morgan fingerprint density at radius 2 is 2.40 bits per heavy atom. The van der Waals surface area contributed by atoms with Crippen LogP contribution in [0.5, 0.6) is 0 Å². The van der Waals surface area contributed by atoms with Crippen molar-refractivity contribution in [1.82, 2.24) is 4.90 Å². The molecule has 0 saturated carbocycles. The number of nitrogens with zero attached hydrogens (tertiary/aromatic N) is 1. The molecule has 0 amide bonds. The lowest BCUT2D eigenvalue weighted by molar-refractivity contribution is -0.0809. The fraction of sp³-hybridized carbons (Fsp3) is 0.600. The first-order valence-corrected chi connectivity index (χ1v) is 8.45. The van der Waals surface area contributed by atoms with Crippen LogP contribution < -0.4 is 0 Å². The number of hydrogen-bond donors (Lipinski definition) is 1. The number of hydrogen-bond acceptors (Lipinski definition) is 4. The SMILES string of the molecule is CCCN1CCOC(C(O)CSc2cccc(Cl)c2)C1. The largest absolute Gasteiger partial charge is 0.389 e. The van der Waals surface area contributed by atoms with Crippen molar-refractivity contribution in [1.29, 1.82) is 0 Å². The second kappa shape index (κ2) is 8.25. The van der Waals surface area contributed by atoms with Gasteiger partial charge in [0.15, 0.2) is 0 Å². The maximum Gasteiger partial charge on any atom is 0.0969 e. The van der Waals surface area contributed by atoms with Crippen molar-refractivity contribution >= 4 is 23.4 Å². The van der Waals surface area contributed by atoms with Gasteiger partial charge < -0.3 is 9.84 Å². The quantitative estimate of drug-likeness (QED) is 0.818. The maximum absolute atomic E-state index is 10.3. The Labute approximate surface area is 130 Å². The Kier molecular flexibility index (Phi) is 6.65. The molecule has 1 heterocycles. The van der Waals surface area contributed by atoms with Crippen LogP contribution in [0.15, 0.2) is 29.2 Å². The summed E-state index contributed by atoms with van der Waals surface area (Å²) in [5.74, 6) is 0.630. The van der Waals surface area contributed by atoms with Crippen LogP contribution in [0.1, 0.15) is 13.3 Å². The third kappa shape index (κ3) is 4.93. The fourth-order valence-corrected chi connectivity index (χ4v) is 3.55. The van der Waals surface area contributed by atoms with Crippen LogP contribution in [0.4, 0.5) is 0 Å². The number of halogens is 1. The number of benzene rings is 1. The average molecular weight is 316 g/mol. The van der Waals surface area contributed by atoms with Gasteiger partial charge in [0.1, 0.15) is 0 Å². The van der Waals surface area contributed by atoms with Gasteiger partial charge in [0.2, 0.25) is 0 Å². The number of morpholine rings is 1. The van der Waals surface area contributed by atoms with Crippen LogP contribution in [-0.2, 0) is 4.74 Å². The molecule has 112 valence electrons. The van der Waals surface area contributed by atoms with Gasteiger partial charge in [-0.1, -0.05) is 24.6 Å². The first-order valence-electron chi connectivity index (χ1n) is 7.09. The Hall–Kier alpha value is -0.260. The first-order chi connectivity index (χ1) is 9.69. The molecule has 2 atom stereocenters. The number of thioether (sulfide) groups is 1. The zero-order valence-corrected chi connectivity index (χ0v) is 13.4. The minimum absolute atomic E-state index is 0.0815. The Morgan fingerprint density at radius 3 is 3.15 bits per heavy atom. The van der Waals surface area contributed by atoms with Crippen molar-refractivity contribution < 1.29 is 9.84 Å². The molecule has 20 heavy (non-hydrogen) atoms. The number of aliphatic hydroxyl groups is 1. The van der Waals surface area contributed by atoms with E-state index in [1.165, 1.54) is 0 Å². The highest BCUT2D eigenvalue weighted by atomic mass is 35.5. The lowest BCUT2D eigenvalue weighted by atomic mass is 10.2. The molecule has 1 aromatic carbocycles. The number of ether oxygens (including phenoxy) is 1. The second-order valence-electron chi connectivity index (χ2n) is 5.05. The van der Waals surface area contributed by atoms with E-state index in [-0.39, 0.29) is 6.10 Å².